The average molecular weight is 411 g/mol. The van der Waals surface area contributed by atoms with Crippen LogP contribution in [-0.2, 0) is 0 Å². The topological polar surface area (TPSA) is 70.6 Å². The molecule has 5 heteroatoms. The molecule has 0 saturated heterocycles. The Kier molecular flexibility index (Phi) is 7.03. The van der Waals surface area contributed by atoms with Crippen molar-refractivity contribution in [2.75, 3.05) is 25.1 Å². The van der Waals surface area contributed by atoms with E-state index < -0.39 is 0 Å². The van der Waals surface area contributed by atoms with E-state index in [0.29, 0.717) is 25.5 Å². The fraction of sp³-hybridized carbons (Fsp3) is 0.480. The van der Waals surface area contributed by atoms with E-state index in [1.807, 2.05) is 6.92 Å². The lowest BCUT2D eigenvalue weighted by Crippen LogP contribution is -2.30. The molecule has 0 spiro atoms. The van der Waals surface area contributed by atoms with Crippen molar-refractivity contribution >= 4 is 11.7 Å². The van der Waals surface area contributed by atoms with Gasteiger partial charge >= 0.3 is 6.03 Å². The summed E-state index contributed by atoms with van der Waals surface area (Å²) >= 11 is 0. The lowest BCUT2D eigenvalue weighted by atomic mass is 9.86. The highest BCUT2D eigenvalue weighted by molar-refractivity contribution is 5.92. The summed E-state index contributed by atoms with van der Waals surface area (Å²) in [5, 5.41) is 14.8. The van der Waals surface area contributed by atoms with Crippen molar-refractivity contribution < 1.29 is 14.6 Å². The van der Waals surface area contributed by atoms with Gasteiger partial charge in [0.2, 0.25) is 0 Å². The molecule has 1 aliphatic heterocycles. The van der Waals surface area contributed by atoms with E-state index in [4.69, 9.17) is 9.84 Å². The molecule has 0 radical (unpaired) electrons. The first-order chi connectivity index (χ1) is 14.3. The van der Waals surface area contributed by atoms with Crippen molar-refractivity contribution in [3.63, 3.8) is 0 Å². The maximum atomic E-state index is 12.4. The van der Waals surface area contributed by atoms with Gasteiger partial charge in [-0.3, -0.25) is 0 Å². The summed E-state index contributed by atoms with van der Waals surface area (Å²) in [5.41, 5.74) is 7.78. The summed E-state index contributed by atoms with van der Waals surface area (Å²) in [7, 11) is 0. The van der Waals surface area contributed by atoms with E-state index in [2.05, 4.69) is 62.6 Å². The van der Waals surface area contributed by atoms with Crippen LogP contribution in [0.4, 0.5) is 10.5 Å². The minimum Gasteiger partial charge on any atom is -0.492 e. The van der Waals surface area contributed by atoms with Gasteiger partial charge in [0, 0.05) is 30.3 Å². The van der Waals surface area contributed by atoms with Gasteiger partial charge in [0.05, 0.1) is 6.61 Å². The molecule has 1 heterocycles. The highest BCUT2D eigenvalue weighted by atomic mass is 16.5. The zero-order chi connectivity index (χ0) is 21.8. The quantitative estimate of drug-likeness (QED) is 0.553. The maximum Gasteiger partial charge on any atom is 0.319 e. The number of aliphatic hydroxyl groups excluding tert-OH is 1. The first kappa shape index (κ1) is 22.2. The van der Waals surface area contributed by atoms with Gasteiger partial charge in [0.25, 0.3) is 0 Å². The van der Waals surface area contributed by atoms with Gasteiger partial charge in [-0.25, -0.2) is 4.79 Å². The van der Waals surface area contributed by atoms with Gasteiger partial charge in [0.15, 0.2) is 0 Å². The minimum absolute atomic E-state index is 0.144. The molecule has 0 fully saturated rings. The van der Waals surface area contributed by atoms with Crippen LogP contribution in [0, 0.1) is 20.8 Å². The van der Waals surface area contributed by atoms with Crippen LogP contribution in [0.2, 0.25) is 0 Å². The third kappa shape index (κ3) is 4.46. The molecule has 2 aromatic carbocycles. The lowest BCUT2D eigenvalue weighted by Gasteiger charge is -2.20. The Hall–Kier alpha value is -2.53. The van der Waals surface area contributed by atoms with Crippen LogP contribution in [0.15, 0.2) is 24.3 Å². The number of hydrogen-bond acceptors (Lipinski definition) is 3. The Morgan fingerprint density at radius 3 is 2.43 bits per heavy atom. The van der Waals surface area contributed by atoms with E-state index in [9.17, 15) is 4.79 Å². The number of fused-ring (bicyclic) bond motifs is 1. The van der Waals surface area contributed by atoms with E-state index in [1.165, 1.54) is 16.7 Å². The van der Waals surface area contributed by atoms with E-state index >= 15 is 0 Å². The molecule has 2 aromatic rings. The summed E-state index contributed by atoms with van der Waals surface area (Å²) in [6.45, 7) is 11.9. The highest BCUT2D eigenvalue weighted by Crippen LogP contribution is 2.46. The molecule has 1 unspecified atom stereocenters. The number of aliphatic hydroxyl groups is 1. The van der Waals surface area contributed by atoms with Crippen LogP contribution in [-0.4, -0.2) is 30.9 Å². The fourth-order valence-electron chi connectivity index (χ4n) is 4.16. The molecule has 3 rings (SSSR count). The SMILES string of the molecule is Cc1c(C)c2c(c(C)c1NC(=O)NCCCCO)C(c1ccc(C(C)C)cc1)CO2. The Morgan fingerprint density at radius 2 is 1.80 bits per heavy atom. The maximum absolute atomic E-state index is 12.4. The molecule has 5 nitrogen and oxygen atoms in total. The monoisotopic (exact) mass is 410 g/mol. The molecule has 0 aromatic heterocycles. The van der Waals surface area contributed by atoms with Crippen LogP contribution in [0.25, 0.3) is 0 Å². The number of rotatable bonds is 7. The number of nitrogens with one attached hydrogen (secondary N) is 2. The third-order valence-electron chi connectivity index (χ3n) is 6.16. The van der Waals surface area contributed by atoms with Crippen molar-refractivity contribution in [2.24, 2.45) is 0 Å². The van der Waals surface area contributed by atoms with Crippen LogP contribution < -0.4 is 15.4 Å². The standard InChI is InChI=1S/C25H34N2O3/c1-15(2)19-8-10-20(11-9-19)21-14-30-24-17(4)16(3)23(18(5)22(21)24)27-25(29)26-12-6-7-13-28/h8-11,15,21,28H,6-7,12-14H2,1-5H3,(H2,26,27,29). The molecular formula is C25H34N2O3. The number of unbranched alkanes of at least 4 members (excludes halogenated alkanes) is 1. The van der Waals surface area contributed by atoms with Crippen molar-refractivity contribution in [3.8, 4) is 5.75 Å². The molecule has 162 valence electrons. The van der Waals surface area contributed by atoms with E-state index in [-0.39, 0.29) is 18.6 Å². The number of anilines is 1. The molecule has 30 heavy (non-hydrogen) atoms. The zero-order valence-corrected chi connectivity index (χ0v) is 18.8. The number of carbonyl (C=O) groups is 1. The Balaban J connectivity index is 1.89. The second-order valence-electron chi connectivity index (χ2n) is 8.49. The van der Waals surface area contributed by atoms with Crippen LogP contribution in [0.3, 0.4) is 0 Å². The van der Waals surface area contributed by atoms with Gasteiger partial charge in [-0.2, -0.15) is 0 Å². The summed E-state index contributed by atoms with van der Waals surface area (Å²) in [5.74, 6) is 1.62. The second kappa shape index (κ2) is 9.52. The number of ether oxygens (including phenoxy) is 1. The smallest absolute Gasteiger partial charge is 0.319 e. The Labute approximate surface area is 179 Å². The normalized spacial score (nSPS) is 15.1. The van der Waals surface area contributed by atoms with Crippen LogP contribution in [0.1, 0.15) is 71.9 Å². The van der Waals surface area contributed by atoms with Crippen LogP contribution in [0.5, 0.6) is 5.75 Å². The lowest BCUT2D eigenvalue weighted by molar-refractivity contribution is 0.250. The van der Waals surface area contributed by atoms with Gasteiger partial charge in [-0.15, -0.1) is 0 Å². The highest BCUT2D eigenvalue weighted by Gasteiger charge is 2.32. The fourth-order valence-corrected chi connectivity index (χ4v) is 4.16. The summed E-state index contributed by atoms with van der Waals surface area (Å²) < 4.78 is 6.14. The Morgan fingerprint density at radius 1 is 1.10 bits per heavy atom. The van der Waals surface area contributed by atoms with Gasteiger partial charge < -0.3 is 20.5 Å². The van der Waals surface area contributed by atoms with E-state index in [0.717, 1.165) is 34.5 Å². The predicted molar refractivity (Wildman–Crippen MR) is 122 cm³/mol. The minimum atomic E-state index is -0.213. The molecule has 3 N–H and O–H groups in total. The van der Waals surface area contributed by atoms with Crippen molar-refractivity contribution in [3.05, 3.63) is 57.6 Å². The van der Waals surface area contributed by atoms with E-state index in [1.54, 1.807) is 0 Å². The molecule has 1 atom stereocenters. The van der Waals surface area contributed by atoms with Gasteiger partial charge in [-0.1, -0.05) is 38.1 Å². The van der Waals surface area contributed by atoms with Crippen LogP contribution >= 0.6 is 0 Å². The molecular weight excluding hydrogens is 376 g/mol. The number of benzene rings is 2. The number of hydrogen-bond donors (Lipinski definition) is 3. The largest absolute Gasteiger partial charge is 0.492 e. The average Bonchev–Trinajstić information content (AvgIpc) is 3.18. The second-order valence-corrected chi connectivity index (χ2v) is 8.49. The Bertz CT molecular complexity index is 904. The number of urea groups is 1. The summed E-state index contributed by atoms with van der Waals surface area (Å²) in [6, 6.07) is 8.60. The molecule has 1 aliphatic rings. The first-order valence-electron chi connectivity index (χ1n) is 10.9. The zero-order valence-electron chi connectivity index (χ0n) is 18.8. The molecule has 0 aliphatic carbocycles. The number of amides is 2. The summed E-state index contributed by atoms with van der Waals surface area (Å²) in [6.07, 6.45) is 1.44. The van der Waals surface area contributed by atoms with Crippen molar-refractivity contribution in [1.82, 2.24) is 5.32 Å². The number of carbonyl (C=O) groups excluding carboxylic acids is 1. The molecule has 0 saturated carbocycles. The molecule has 2 amide bonds. The van der Waals surface area contributed by atoms with Gasteiger partial charge in [-0.05, 0) is 67.3 Å². The first-order valence-corrected chi connectivity index (χ1v) is 10.9. The van der Waals surface area contributed by atoms with Crippen molar-refractivity contribution in [2.45, 2.75) is 59.3 Å². The summed E-state index contributed by atoms with van der Waals surface area (Å²) in [4.78, 5) is 12.4. The molecule has 0 bridgehead atoms. The van der Waals surface area contributed by atoms with Crippen molar-refractivity contribution in [1.29, 1.82) is 0 Å². The third-order valence-corrected chi connectivity index (χ3v) is 6.16. The van der Waals surface area contributed by atoms with Gasteiger partial charge in [0.1, 0.15) is 5.75 Å². The predicted octanol–water partition coefficient (Wildman–Crippen LogP) is 5.15.